The van der Waals surface area contributed by atoms with E-state index in [-0.39, 0.29) is 0 Å². The van der Waals surface area contributed by atoms with Gasteiger partial charge in [0.25, 0.3) is 0 Å². The van der Waals surface area contributed by atoms with E-state index in [4.69, 9.17) is 16.7 Å². The van der Waals surface area contributed by atoms with Gasteiger partial charge in [0.15, 0.2) is 0 Å². The Balaban J connectivity index is 2.09. The molecule has 0 aromatic heterocycles. The lowest BCUT2D eigenvalue weighted by Crippen LogP contribution is -1.89. The molecular weight excluding hydrogens is 292 g/mol. The number of carboxylic acid groups (broad SMARTS) is 1. The van der Waals surface area contributed by atoms with Crippen molar-refractivity contribution in [3.8, 4) is 0 Å². The van der Waals surface area contributed by atoms with Crippen LogP contribution in [0.5, 0.6) is 0 Å². The second-order valence-electron chi connectivity index (χ2n) is 4.11. The highest BCUT2D eigenvalue weighted by Gasteiger charge is 2.01. The van der Waals surface area contributed by atoms with Crippen molar-refractivity contribution in [1.29, 1.82) is 0 Å². The second-order valence-corrected chi connectivity index (χ2v) is 5.60. The molecule has 102 valence electrons. The Hall–Kier alpha value is -1.71. The molecule has 0 spiro atoms. The quantitative estimate of drug-likeness (QED) is 0.641. The Labute approximate surface area is 127 Å². The summed E-state index contributed by atoms with van der Waals surface area (Å²) in [5.74, 6) is -0.160. The smallest absolute Gasteiger partial charge is 0.328 e. The van der Waals surface area contributed by atoms with Crippen LogP contribution < -0.4 is 0 Å². The van der Waals surface area contributed by atoms with Gasteiger partial charge >= 0.3 is 5.97 Å². The van der Waals surface area contributed by atoms with Gasteiger partial charge in [-0.15, -0.1) is 11.8 Å². The maximum atomic E-state index is 10.6. The summed E-state index contributed by atoms with van der Waals surface area (Å²) in [5, 5.41) is 9.42. The minimum atomic E-state index is -0.940. The molecule has 0 amide bonds. The lowest BCUT2D eigenvalue weighted by Gasteiger charge is -2.06. The minimum absolute atomic E-state index is 0.721. The zero-order valence-corrected chi connectivity index (χ0v) is 12.2. The van der Waals surface area contributed by atoms with E-state index in [0.29, 0.717) is 0 Å². The summed E-state index contributed by atoms with van der Waals surface area (Å²) in [5.41, 5.74) is 2.03. The predicted octanol–water partition coefficient (Wildman–Crippen LogP) is 4.73. The molecule has 2 nitrogen and oxygen atoms in total. The average Bonchev–Trinajstić information content (AvgIpc) is 2.45. The van der Waals surface area contributed by atoms with Gasteiger partial charge in [-0.25, -0.2) is 4.79 Å². The zero-order chi connectivity index (χ0) is 14.4. The molecule has 0 aliphatic heterocycles. The number of aliphatic carboxylic acids is 1. The lowest BCUT2D eigenvalue weighted by molar-refractivity contribution is -0.131. The fraction of sp³-hybridized carbons (Fsp3) is 0.0625. The zero-order valence-electron chi connectivity index (χ0n) is 10.6. The van der Waals surface area contributed by atoms with Crippen molar-refractivity contribution in [1.82, 2.24) is 0 Å². The first kappa shape index (κ1) is 14.7. The minimum Gasteiger partial charge on any atom is -0.478 e. The van der Waals surface area contributed by atoms with Gasteiger partial charge in [0, 0.05) is 21.7 Å². The van der Waals surface area contributed by atoms with Crippen molar-refractivity contribution in [3.05, 3.63) is 70.8 Å². The van der Waals surface area contributed by atoms with Crippen molar-refractivity contribution in [2.24, 2.45) is 0 Å². The Morgan fingerprint density at radius 3 is 2.55 bits per heavy atom. The maximum Gasteiger partial charge on any atom is 0.328 e. The van der Waals surface area contributed by atoms with Crippen molar-refractivity contribution in [2.75, 3.05) is 0 Å². The third-order valence-electron chi connectivity index (χ3n) is 2.67. The second kappa shape index (κ2) is 7.17. The Morgan fingerprint density at radius 2 is 1.85 bits per heavy atom. The van der Waals surface area contributed by atoms with Crippen LogP contribution in [0.2, 0.25) is 5.02 Å². The van der Waals surface area contributed by atoms with Crippen LogP contribution in [0.25, 0.3) is 6.08 Å². The molecule has 0 heterocycles. The van der Waals surface area contributed by atoms with E-state index >= 15 is 0 Å². The van der Waals surface area contributed by atoms with Crippen molar-refractivity contribution in [3.63, 3.8) is 0 Å². The first-order chi connectivity index (χ1) is 9.65. The van der Waals surface area contributed by atoms with Crippen molar-refractivity contribution < 1.29 is 9.90 Å². The number of thioether (sulfide) groups is 1. The van der Waals surface area contributed by atoms with Crippen LogP contribution in [0, 0.1) is 0 Å². The molecule has 0 unspecified atom stereocenters. The Morgan fingerprint density at radius 1 is 1.15 bits per heavy atom. The molecule has 20 heavy (non-hydrogen) atoms. The largest absolute Gasteiger partial charge is 0.478 e. The third kappa shape index (κ3) is 4.44. The summed E-state index contributed by atoms with van der Waals surface area (Å²) in [4.78, 5) is 11.7. The van der Waals surface area contributed by atoms with Crippen LogP contribution in [0.15, 0.2) is 59.5 Å². The van der Waals surface area contributed by atoms with Crippen LogP contribution in [0.3, 0.4) is 0 Å². The lowest BCUT2D eigenvalue weighted by atomic mass is 10.1. The van der Waals surface area contributed by atoms with Gasteiger partial charge in [0.2, 0.25) is 0 Å². The molecule has 0 aliphatic rings. The van der Waals surface area contributed by atoms with Gasteiger partial charge < -0.3 is 5.11 Å². The van der Waals surface area contributed by atoms with Crippen LogP contribution in [0.4, 0.5) is 0 Å². The third-order valence-corrected chi connectivity index (χ3v) is 3.98. The van der Waals surface area contributed by atoms with Gasteiger partial charge in [0.1, 0.15) is 0 Å². The molecule has 2 aromatic rings. The molecular formula is C16H13ClO2S. The molecule has 0 saturated heterocycles. The van der Waals surface area contributed by atoms with E-state index in [9.17, 15) is 4.79 Å². The summed E-state index contributed by atoms with van der Waals surface area (Å²) < 4.78 is 0. The monoisotopic (exact) mass is 304 g/mol. The fourth-order valence-electron chi connectivity index (χ4n) is 1.68. The summed E-state index contributed by atoms with van der Waals surface area (Å²) in [6.45, 7) is 0. The molecule has 0 saturated carbocycles. The van der Waals surface area contributed by atoms with Gasteiger partial charge in [-0.05, 0) is 41.5 Å². The SMILES string of the molecule is O=C(O)C=Cc1ccccc1CSc1ccc(Cl)cc1. The van der Waals surface area contributed by atoms with Gasteiger partial charge in [-0.2, -0.15) is 0 Å². The number of halogens is 1. The maximum absolute atomic E-state index is 10.6. The molecule has 0 aliphatic carbocycles. The summed E-state index contributed by atoms with van der Waals surface area (Å²) in [6.07, 6.45) is 2.78. The van der Waals surface area contributed by atoms with E-state index in [1.807, 2.05) is 48.5 Å². The van der Waals surface area contributed by atoms with Gasteiger partial charge in [0.05, 0.1) is 0 Å². The van der Waals surface area contributed by atoms with Crippen LogP contribution >= 0.6 is 23.4 Å². The molecule has 0 radical (unpaired) electrons. The van der Waals surface area contributed by atoms with E-state index in [0.717, 1.165) is 32.9 Å². The first-order valence-corrected chi connectivity index (χ1v) is 7.39. The molecule has 2 aromatic carbocycles. The summed E-state index contributed by atoms with van der Waals surface area (Å²) in [7, 11) is 0. The normalized spacial score (nSPS) is 10.8. The Kier molecular flexibility index (Phi) is 5.27. The van der Waals surface area contributed by atoms with Crippen LogP contribution in [-0.2, 0) is 10.5 Å². The van der Waals surface area contributed by atoms with E-state index in [1.165, 1.54) is 0 Å². The van der Waals surface area contributed by atoms with Crippen LogP contribution in [0.1, 0.15) is 11.1 Å². The number of rotatable bonds is 5. The van der Waals surface area contributed by atoms with Crippen LogP contribution in [-0.4, -0.2) is 11.1 Å². The predicted molar refractivity (Wildman–Crippen MR) is 84.1 cm³/mol. The van der Waals surface area contributed by atoms with E-state index < -0.39 is 5.97 Å². The highest BCUT2D eigenvalue weighted by molar-refractivity contribution is 7.98. The highest BCUT2D eigenvalue weighted by Crippen LogP contribution is 2.26. The number of carboxylic acids is 1. The number of carbonyl (C=O) groups is 1. The van der Waals surface area contributed by atoms with E-state index in [1.54, 1.807) is 17.8 Å². The Bertz CT molecular complexity index is 621. The molecule has 0 bridgehead atoms. The van der Waals surface area contributed by atoms with Gasteiger partial charge in [-0.3, -0.25) is 0 Å². The fourth-order valence-corrected chi connectivity index (χ4v) is 2.72. The van der Waals surface area contributed by atoms with Gasteiger partial charge in [-0.1, -0.05) is 35.9 Å². The van der Waals surface area contributed by atoms with Crippen molar-refractivity contribution in [2.45, 2.75) is 10.6 Å². The van der Waals surface area contributed by atoms with E-state index in [2.05, 4.69) is 0 Å². The number of benzene rings is 2. The summed E-state index contributed by atoms with van der Waals surface area (Å²) >= 11 is 7.54. The highest BCUT2D eigenvalue weighted by atomic mass is 35.5. The molecule has 4 heteroatoms. The topological polar surface area (TPSA) is 37.3 Å². The first-order valence-electron chi connectivity index (χ1n) is 6.02. The number of hydrogen-bond acceptors (Lipinski definition) is 2. The molecule has 1 N–H and O–H groups in total. The molecule has 2 rings (SSSR count). The average molecular weight is 305 g/mol. The summed E-state index contributed by atoms with van der Waals surface area (Å²) in [6, 6.07) is 15.4. The molecule has 0 fully saturated rings. The van der Waals surface area contributed by atoms with Crippen molar-refractivity contribution >= 4 is 35.4 Å². The molecule has 0 atom stereocenters. The standard InChI is InChI=1S/C16H13ClO2S/c17-14-6-8-15(9-7-14)20-11-13-4-2-1-3-12(13)5-10-16(18)19/h1-10H,11H2,(H,18,19). The number of hydrogen-bond donors (Lipinski definition) is 1.